The molecule has 0 radical (unpaired) electrons. The van der Waals surface area contributed by atoms with Crippen molar-refractivity contribution in [1.29, 1.82) is 0 Å². The van der Waals surface area contributed by atoms with Gasteiger partial charge in [0.2, 0.25) is 0 Å². The van der Waals surface area contributed by atoms with E-state index in [2.05, 4.69) is 4.98 Å². The summed E-state index contributed by atoms with van der Waals surface area (Å²) in [5.41, 5.74) is 6.82. The number of sulfone groups is 1. The number of hydrogen-bond acceptors (Lipinski definition) is 4. The minimum atomic E-state index is -2.90. The van der Waals surface area contributed by atoms with Gasteiger partial charge in [-0.2, -0.15) is 0 Å². The van der Waals surface area contributed by atoms with E-state index in [4.69, 9.17) is 5.73 Å². The van der Waals surface area contributed by atoms with Crippen LogP contribution >= 0.6 is 0 Å². The van der Waals surface area contributed by atoms with E-state index in [1.165, 1.54) is 0 Å². The summed E-state index contributed by atoms with van der Waals surface area (Å²) >= 11 is 0. The molecular weight excluding hydrogens is 238 g/mol. The van der Waals surface area contributed by atoms with Gasteiger partial charge in [-0.05, 0) is 18.6 Å². The Bertz CT molecular complexity index is 675. The third-order valence-electron chi connectivity index (χ3n) is 3.21. The molecule has 6 heteroatoms. The van der Waals surface area contributed by atoms with E-state index in [0.717, 1.165) is 11.3 Å². The topological polar surface area (TPSA) is 77.5 Å². The molecule has 1 saturated heterocycles. The number of pyridine rings is 1. The SMILES string of the molecule is Nc1cccc2cnc(C3CCS(=O)(=O)C3)n12. The van der Waals surface area contributed by atoms with Crippen molar-refractivity contribution >= 4 is 21.2 Å². The summed E-state index contributed by atoms with van der Waals surface area (Å²) in [6.07, 6.45) is 2.37. The second-order valence-corrected chi connectivity index (χ2v) is 6.66. The van der Waals surface area contributed by atoms with Gasteiger partial charge in [-0.15, -0.1) is 0 Å². The molecule has 0 bridgehead atoms. The van der Waals surface area contributed by atoms with Gasteiger partial charge in [0.1, 0.15) is 11.6 Å². The summed E-state index contributed by atoms with van der Waals surface area (Å²) in [5, 5.41) is 0. The average Bonchev–Trinajstić information content (AvgIpc) is 2.82. The molecule has 0 aromatic carbocycles. The van der Waals surface area contributed by atoms with Crippen LogP contribution in [0.5, 0.6) is 0 Å². The molecule has 3 rings (SSSR count). The Morgan fingerprint density at radius 2 is 2.24 bits per heavy atom. The average molecular weight is 251 g/mol. The molecule has 3 heterocycles. The number of rotatable bonds is 1. The number of aromatic nitrogens is 2. The first kappa shape index (κ1) is 10.6. The van der Waals surface area contributed by atoms with Crippen LogP contribution in [0, 0.1) is 0 Å². The summed E-state index contributed by atoms with van der Waals surface area (Å²) in [4.78, 5) is 4.32. The van der Waals surface area contributed by atoms with Crippen LogP contribution in [0.15, 0.2) is 24.4 Å². The van der Waals surface area contributed by atoms with Crippen LogP contribution in [0.4, 0.5) is 5.82 Å². The summed E-state index contributed by atoms with van der Waals surface area (Å²) in [6, 6.07) is 5.57. The van der Waals surface area contributed by atoms with Gasteiger partial charge < -0.3 is 5.73 Å². The molecule has 0 saturated carbocycles. The Morgan fingerprint density at radius 1 is 1.41 bits per heavy atom. The molecule has 1 atom stereocenters. The monoisotopic (exact) mass is 251 g/mol. The number of anilines is 1. The molecule has 2 aromatic heterocycles. The van der Waals surface area contributed by atoms with Gasteiger partial charge in [-0.3, -0.25) is 4.40 Å². The molecule has 90 valence electrons. The van der Waals surface area contributed by atoms with Gasteiger partial charge in [-0.25, -0.2) is 13.4 Å². The third kappa shape index (κ3) is 1.68. The van der Waals surface area contributed by atoms with Crippen LogP contribution in [0.25, 0.3) is 5.52 Å². The number of imidazole rings is 1. The van der Waals surface area contributed by atoms with Crippen molar-refractivity contribution in [2.75, 3.05) is 17.2 Å². The molecule has 0 amide bonds. The smallest absolute Gasteiger partial charge is 0.151 e. The second kappa shape index (κ2) is 3.46. The van der Waals surface area contributed by atoms with Gasteiger partial charge in [0.05, 0.1) is 23.2 Å². The zero-order chi connectivity index (χ0) is 12.0. The highest BCUT2D eigenvalue weighted by molar-refractivity contribution is 7.91. The van der Waals surface area contributed by atoms with Gasteiger partial charge in [0.25, 0.3) is 0 Å². The van der Waals surface area contributed by atoms with Crippen molar-refractivity contribution in [3.63, 3.8) is 0 Å². The second-order valence-electron chi connectivity index (χ2n) is 4.43. The van der Waals surface area contributed by atoms with E-state index in [1.54, 1.807) is 12.3 Å². The fourth-order valence-corrected chi connectivity index (χ4v) is 4.12. The molecule has 5 nitrogen and oxygen atoms in total. The van der Waals surface area contributed by atoms with Gasteiger partial charge in [0, 0.05) is 5.92 Å². The van der Waals surface area contributed by atoms with Crippen molar-refractivity contribution < 1.29 is 8.42 Å². The minimum Gasteiger partial charge on any atom is -0.385 e. The number of nitrogen functional groups attached to an aromatic ring is 1. The first-order valence-electron chi connectivity index (χ1n) is 5.49. The van der Waals surface area contributed by atoms with Crippen LogP contribution in [0.3, 0.4) is 0 Å². The van der Waals surface area contributed by atoms with Gasteiger partial charge >= 0.3 is 0 Å². The zero-order valence-electron chi connectivity index (χ0n) is 9.20. The standard InChI is InChI=1S/C11H13N3O2S/c12-10-3-1-2-9-6-13-11(14(9)10)8-4-5-17(15,16)7-8/h1-3,6,8H,4-5,7,12H2. The van der Waals surface area contributed by atoms with E-state index in [-0.39, 0.29) is 17.4 Å². The fraction of sp³-hybridized carbons (Fsp3) is 0.364. The van der Waals surface area contributed by atoms with E-state index >= 15 is 0 Å². The normalized spacial score (nSPS) is 23.2. The first-order chi connectivity index (χ1) is 8.07. The Kier molecular flexibility index (Phi) is 2.16. The first-order valence-corrected chi connectivity index (χ1v) is 7.31. The molecule has 1 fully saturated rings. The molecular formula is C11H13N3O2S. The molecule has 2 N–H and O–H groups in total. The molecule has 0 aliphatic carbocycles. The van der Waals surface area contributed by atoms with Gasteiger partial charge in [-0.1, -0.05) is 6.07 Å². The quantitative estimate of drug-likeness (QED) is 0.814. The molecule has 17 heavy (non-hydrogen) atoms. The fourth-order valence-electron chi connectivity index (χ4n) is 2.39. The summed E-state index contributed by atoms with van der Waals surface area (Å²) < 4.78 is 24.8. The molecule has 0 spiro atoms. The van der Waals surface area contributed by atoms with Gasteiger partial charge in [0.15, 0.2) is 9.84 Å². The predicted octanol–water partition coefficient (Wildman–Crippen LogP) is 0.819. The van der Waals surface area contributed by atoms with Crippen LogP contribution in [-0.4, -0.2) is 29.3 Å². The lowest BCUT2D eigenvalue weighted by molar-refractivity contribution is 0.601. The van der Waals surface area contributed by atoms with Crippen molar-refractivity contribution in [3.8, 4) is 0 Å². The Labute approximate surface area is 99.2 Å². The highest BCUT2D eigenvalue weighted by Crippen LogP contribution is 2.29. The summed E-state index contributed by atoms with van der Waals surface area (Å²) in [6.45, 7) is 0. The maximum absolute atomic E-state index is 11.5. The predicted molar refractivity (Wildman–Crippen MR) is 65.6 cm³/mol. The number of fused-ring (bicyclic) bond motifs is 1. The third-order valence-corrected chi connectivity index (χ3v) is 4.97. The van der Waals surface area contributed by atoms with Crippen molar-refractivity contribution in [3.05, 3.63) is 30.2 Å². The molecule has 1 unspecified atom stereocenters. The van der Waals surface area contributed by atoms with Crippen LogP contribution < -0.4 is 5.73 Å². The Balaban J connectivity index is 2.13. The zero-order valence-corrected chi connectivity index (χ0v) is 10.0. The number of hydrogen-bond donors (Lipinski definition) is 1. The van der Waals surface area contributed by atoms with E-state index in [9.17, 15) is 8.42 Å². The Morgan fingerprint density at radius 3 is 2.94 bits per heavy atom. The van der Waals surface area contributed by atoms with Crippen molar-refractivity contribution in [2.45, 2.75) is 12.3 Å². The van der Waals surface area contributed by atoms with Crippen molar-refractivity contribution in [1.82, 2.24) is 9.38 Å². The lowest BCUT2D eigenvalue weighted by Gasteiger charge is -2.08. The number of nitrogens with two attached hydrogens (primary N) is 1. The molecule has 1 aliphatic rings. The minimum absolute atomic E-state index is 0.0350. The van der Waals surface area contributed by atoms with Crippen LogP contribution in [0.1, 0.15) is 18.2 Å². The van der Waals surface area contributed by atoms with E-state index in [1.807, 2.05) is 16.5 Å². The maximum atomic E-state index is 11.5. The van der Waals surface area contributed by atoms with Crippen LogP contribution in [0.2, 0.25) is 0 Å². The lowest BCUT2D eigenvalue weighted by atomic mass is 10.1. The lowest BCUT2D eigenvalue weighted by Crippen LogP contribution is -2.09. The highest BCUT2D eigenvalue weighted by atomic mass is 32.2. The van der Waals surface area contributed by atoms with E-state index in [0.29, 0.717) is 12.2 Å². The van der Waals surface area contributed by atoms with E-state index < -0.39 is 9.84 Å². The number of nitrogens with zero attached hydrogens (tertiary/aromatic N) is 2. The molecule has 1 aliphatic heterocycles. The summed E-state index contributed by atoms with van der Waals surface area (Å²) in [7, 11) is -2.90. The Hall–Kier alpha value is -1.56. The molecule has 2 aromatic rings. The highest BCUT2D eigenvalue weighted by Gasteiger charge is 2.31. The maximum Gasteiger partial charge on any atom is 0.151 e. The van der Waals surface area contributed by atoms with Crippen LogP contribution in [-0.2, 0) is 9.84 Å². The van der Waals surface area contributed by atoms with Crippen molar-refractivity contribution in [2.24, 2.45) is 0 Å². The summed E-state index contributed by atoms with van der Waals surface area (Å²) in [5.74, 6) is 1.76. The largest absolute Gasteiger partial charge is 0.385 e.